The summed E-state index contributed by atoms with van der Waals surface area (Å²) in [6.07, 6.45) is 3.58. The topological polar surface area (TPSA) is 62.3 Å². The van der Waals surface area contributed by atoms with E-state index in [4.69, 9.17) is 0 Å². The molecule has 2 aromatic rings. The molecule has 1 atom stereocenters. The first-order chi connectivity index (χ1) is 11.6. The SMILES string of the molecule is CC(NC(=O)c1ccnc(C(=O)N2CCCC2)c1)c1ccccc1. The van der Waals surface area contributed by atoms with Gasteiger partial charge in [0.25, 0.3) is 11.8 Å². The third kappa shape index (κ3) is 3.62. The Hall–Kier alpha value is -2.69. The third-order valence-electron chi connectivity index (χ3n) is 4.28. The van der Waals surface area contributed by atoms with Gasteiger partial charge < -0.3 is 10.2 Å². The molecule has 0 radical (unpaired) electrons. The molecule has 1 aromatic carbocycles. The van der Waals surface area contributed by atoms with E-state index in [9.17, 15) is 9.59 Å². The van der Waals surface area contributed by atoms with Gasteiger partial charge in [0.15, 0.2) is 0 Å². The monoisotopic (exact) mass is 323 g/mol. The van der Waals surface area contributed by atoms with Crippen molar-refractivity contribution in [3.8, 4) is 0 Å². The highest BCUT2D eigenvalue weighted by molar-refractivity contribution is 5.98. The summed E-state index contributed by atoms with van der Waals surface area (Å²) in [7, 11) is 0. The van der Waals surface area contributed by atoms with E-state index in [2.05, 4.69) is 10.3 Å². The minimum absolute atomic E-state index is 0.0988. The van der Waals surface area contributed by atoms with E-state index in [1.165, 1.54) is 6.20 Å². The van der Waals surface area contributed by atoms with Crippen molar-refractivity contribution in [1.82, 2.24) is 15.2 Å². The number of hydrogen-bond acceptors (Lipinski definition) is 3. The van der Waals surface area contributed by atoms with Crippen molar-refractivity contribution >= 4 is 11.8 Å². The van der Waals surface area contributed by atoms with E-state index in [-0.39, 0.29) is 17.9 Å². The number of rotatable bonds is 4. The number of aromatic nitrogens is 1. The summed E-state index contributed by atoms with van der Waals surface area (Å²) in [5, 5.41) is 2.96. The maximum Gasteiger partial charge on any atom is 0.272 e. The van der Waals surface area contributed by atoms with Crippen molar-refractivity contribution in [3.63, 3.8) is 0 Å². The van der Waals surface area contributed by atoms with Crippen LogP contribution in [0.5, 0.6) is 0 Å². The van der Waals surface area contributed by atoms with Crippen LogP contribution in [0, 0.1) is 0 Å². The molecule has 24 heavy (non-hydrogen) atoms. The molecule has 0 aliphatic carbocycles. The van der Waals surface area contributed by atoms with Crippen LogP contribution < -0.4 is 5.32 Å². The van der Waals surface area contributed by atoms with Gasteiger partial charge in [-0.25, -0.2) is 0 Å². The van der Waals surface area contributed by atoms with E-state index in [1.807, 2.05) is 37.3 Å². The van der Waals surface area contributed by atoms with Gasteiger partial charge in [-0.2, -0.15) is 0 Å². The van der Waals surface area contributed by atoms with Crippen LogP contribution in [0.1, 0.15) is 52.2 Å². The second-order valence-electron chi connectivity index (χ2n) is 6.03. The average Bonchev–Trinajstić information content (AvgIpc) is 3.16. The molecule has 1 aromatic heterocycles. The summed E-state index contributed by atoms with van der Waals surface area (Å²) in [5.41, 5.74) is 1.82. The van der Waals surface area contributed by atoms with Crippen molar-refractivity contribution in [2.45, 2.75) is 25.8 Å². The Balaban J connectivity index is 1.71. The summed E-state index contributed by atoms with van der Waals surface area (Å²) in [4.78, 5) is 30.8. The molecule has 1 N–H and O–H groups in total. The minimum Gasteiger partial charge on any atom is -0.346 e. The van der Waals surface area contributed by atoms with Crippen molar-refractivity contribution in [2.24, 2.45) is 0 Å². The first-order valence-electron chi connectivity index (χ1n) is 8.26. The van der Waals surface area contributed by atoms with E-state index in [1.54, 1.807) is 17.0 Å². The number of pyridine rings is 1. The Bertz CT molecular complexity index is 724. The molecule has 5 nitrogen and oxygen atoms in total. The van der Waals surface area contributed by atoms with Crippen LogP contribution in [0.25, 0.3) is 0 Å². The number of nitrogens with one attached hydrogen (secondary N) is 1. The Morgan fingerprint density at radius 2 is 1.83 bits per heavy atom. The number of hydrogen-bond donors (Lipinski definition) is 1. The van der Waals surface area contributed by atoms with E-state index >= 15 is 0 Å². The quantitative estimate of drug-likeness (QED) is 0.941. The predicted octanol–water partition coefficient (Wildman–Crippen LogP) is 2.81. The van der Waals surface area contributed by atoms with Crippen molar-refractivity contribution < 1.29 is 9.59 Å². The van der Waals surface area contributed by atoms with Gasteiger partial charge in [-0.1, -0.05) is 30.3 Å². The summed E-state index contributed by atoms with van der Waals surface area (Å²) < 4.78 is 0. The van der Waals surface area contributed by atoms with Gasteiger partial charge in [0.2, 0.25) is 0 Å². The lowest BCUT2D eigenvalue weighted by molar-refractivity contribution is 0.0787. The van der Waals surface area contributed by atoms with Crippen molar-refractivity contribution in [1.29, 1.82) is 0 Å². The second kappa shape index (κ2) is 7.25. The fourth-order valence-electron chi connectivity index (χ4n) is 2.88. The molecule has 0 bridgehead atoms. The normalized spacial score (nSPS) is 15.1. The van der Waals surface area contributed by atoms with Gasteiger partial charge in [0.1, 0.15) is 5.69 Å². The number of amides is 2. The van der Waals surface area contributed by atoms with Gasteiger partial charge >= 0.3 is 0 Å². The van der Waals surface area contributed by atoms with Crippen LogP contribution in [-0.2, 0) is 0 Å². The fraction of sp³-hybridized carbons (Fsp3) is 0.316. The lowest BCUT2D eigenvalue weighted by Crippen LogP contribution is -2.30. The molecule has 1 unspecified atom stereocenters. The molecule has 1 fully saturated rings. The largest absolute Gasteiger partial charge is 0.346 e. The van der Waals surface area contributed by atoms with Gasteiger partial charge in [-0.15, -0.1) is 0 Å². The number of carbonyl (C=O) groups is 2. The minimum atomic E-state index is -0.204. The van der Waals surface area contributed by atoms with Crippen LogP contribution in [0.4, 0.5) is 0 Å². The Labute approximate surface area is 141 Å². The molecule has 5 heteroatoms. The zero-order valence-corrected chi connectivity index (χ0v) is 13.7. The smallest absolute Gasteiger partial charge is 0.272 e. The molecule has 124 valence electrons. The lowest BCUT2D eigenvalue weighted by atomic mass is 10.1. The molecular formula is C19H21N3O2. The molecule has 0 spiro atoms. The Morgan fingerprint density at radius 3 is 2.54 bits per heavy atom. The average molecular weight is 323 g/mol. The van der Waals surface area contributed by atoms with E-state index in [0.717, 1.165) is 31.5 Å². The van der Waals surface area contributed by atoms with Gasteiger partial charge in [-0.05, 0) is 37.5 Å². The highest BCUT2D eigenvalue weighted by Crippen LogP contribution is 2.14. The summed E-state index contributed by atoms with van der Waals surface area (Å²) in [6, 6.07) is 12.9. The summed E-state index contributed by atoms with van der Waals surface area (Å²) in [6.45, 7) is 3.47. The molecule has 1 aliphatic heterocycles. The Kier molecular flexibility index (Phi) is 4.89. The van der Waals surface area contributed by atoms with Crippen LogP contribution in [0.3, 0.4) is 0 Å². The van der Waals surface area contributed by atoms with E-state index < -0.39 is 0 Å². The van der Waals surface area contributed by atoms with Crippen molar-refractivity contribution in [3.05, 3.63) is 65.5 Å². The highest BCUT2D eigenvalue weighted by Gasteiger charge is 2.21. The predicted molar refractivity (Wildman–Crippen MR) is 91.7 cm³/mol. The van der Waals surface area contributed by atoms with Crippen LogP contribution in [-0.4, -0.2) is 34.8 Å². The number of nitrogens with zero attached hydrogens (tertiary/aromatic N) is 2. The third-order valence-corrected chi connectivity index (χ3v) is 4.28. The maximum absolute atomic E-state index is 12.5. The van der Waals surface area contributed by atoms with Crippen LogP contribution >= 0.6 is 0 Å². The number of carbonyl (C=O) groups excluding carboxylic acids is 2. The first-order valence-corrected chi connectivity index (χ1v) is 8.26. The zero-order valence-electron chi connectivity index (χ0n) is 13.7. The number of benzene rings is 1. The van der Waals surface area contributed by atoms with Crippen LogP contribution in [0.2, 0.25) is 0 Å². The molecule has 2 amide bonds. The fourth-order valence-corrected chi connectivity index (χ4v) is 2.88. The maximum atomic E-state index is 12.5. The van der Waals surface area contributed by atoms with Crippen LogP contribution in [0.15, 0.2) is 48.7 Å². The molecule has 3 rings (SSSR count). The summed E-state index contributed by atoms with van der Waals surface area (Å²) in [5.74, 6) is -0.303. The summed E-state index contributed by atoms with van der Waals surface area (Å²) >= 11 is 0. The number of likely N-dealkylation sites (tertiary alicyclic amines) is 1. The molecular weight excluding hydrogens is 302 g/mol. The van der Waals surface area contributed by atoms with Gasteiger partial charge in [-0.3, -0.25) is 14.6 Å². The highest BCUT2D eigenvalue weighted by atomic mass is 16.2. The first kappa shape index (κ1) is 16.2. The molecule has 1 saturated heterocycles. The molecule has 0 saturated carbocycles. The molecule has 2 heterocycles. The second-order valence-corrected chi connectivity index (χ2v) is 6.03. The van der Waals surface area contributed by atoms with E-state index in [0.29, 0.717) is 11.3 Å². The zero-order chi connectivity index (χ0) is 16.9. The lowest BCUT2D eigenvalue weighted by Gasteiger charge is -2.16. The van der Waals surface area contributed by atoms with Gasteiger partial charge in [0, 0.05) is 24.8 Å². The molecule has 1 aliphatic rings. The van der Waals surface area contributed by atoms with Gasteiger partial charge in [0.05, 0.1) is 6.04 Å². The van der Waals surface area contributed by atoms with Crippen molar-refractivity contribution in [2.75, 3.05) is 13.1 Å². The Morgan fingerprint density at radius 1 is 1.12 bits per heavy atom. The standard InChI is InChI=1S/C19H21N3O2/c1-14(15-7-3-2-4-8-15)21-18(23)16-9-10-20-17(13-16)19(24)22-11-5-6-12-22/h2-4,7-10,13-14H,5-6,11-12H2,1H3,(H,21,23).